The lowest BCUT2D eigenvalue weighted by molar-refractivity contribution is 0.240. The minimum atomic E-state index is -0.0618. The molecule has 1 aromatic heterocycles. The number of nitrogens with zero attached hydrogens (tertiary/aromatic N) is 1. The summed E-state index contributed by atoms with van der Waals surface area (Å²) in [5.41, 5.74) is 1.25. The number of aryl methyl sites for hydroxylation is 1. The van der Waals surface area contributed by atoms with Crippen molar-refractivity contribution in [3.8, 4) is 0 Å². The van der Waals surface area contributed by atoms with E-state index in [0.29, 0.717) is 0 Å². The van der Waals surface area contributed by atoms with E-state index in [0.717, 1.165) is 38.8 Å². The largest absolute Gasteiger partial charge is 0.338 e. The van der Waals surface area contributed by atoms with E-state index in [4.69, 9.17) is 0 Å². The second-order valence-corrected chi connectivity index (χ2v) is 4.00. The molecule has 2 amide bonds. The number of aromatic nitrogens is 1. The molecule has 0 radical (unpaired) electrons. The first-order valence-electron chi connectivity index (χ1n) is 6.23. The lowest BCUT2D eigenvalue weighted by Gasteiger charge is -2.06. The van der Waals surface area contributed by atoms with E-state index < -0.39 is 0 Å². The highest BCUT2D eigenvalue weighted by atomic mass is 16.2. The van der Waals surface area contributed by atoms with Gasteiger partial charge in [0.05, 0.1) is 0 Å². The van der Waals surface area contributed by atoms with Crippen LogP contribution in [0.5, 0.6) is 0 Å². The summed E-state index contributed by atoms with van der Waals surface area (Å²) in [5.74, 6) is 0. The summed E-state index contributed by atoms with van der Waals surface area (Å²) in [5, 5.41) is 5.62. The Hall–Kier alpha value is -1.58. The number of carbonyl (C=O) groups is 1. The van der Waals surface area contributed by atoms with Crippen molar-refractivity contribution in [3.05, 3.63) is 30.1 Å². The quantitative estimate of drug-likeness (QED) is 0.711. The van der Waals surface area contributed by atoms with Gasteiger partial charge in [-0.05, 0) is 37.3 Å². The van der Waals surface area contributed by atoms with Crippen molar-refractivity contribution in [3.63, 3.8) is 0 Å². The Morgan fingerprint density at radius 3 is 2.82 bits per heavy atom. The van der Waals surface area contributed by atoms with Crippen molar-refractivity contribution in [1.29, 1.82) is 0 Å². The van der Waals surface area contributed by atoms with Crippen molar-refractivity contribution in [2.24, 2.45) is 0 Å². The fourth-order valence-electron chi connectivity index (χ4n) is 1.50. The fourth-order valence-corrected chi connectivity index (χ4v) is 1.50. The van der Waals surface area contributed by atoms with Gasteiger partial charge in [-0.15, -0.1) is 0 Å². The third kappa shape index (κ3) is 6.56. The molecule has 2 N–H and O–H groups in total. The van der Waals surface area contributed by atoms with Crippen LogP contribution in [-0.4, -0.2) is 24.1 Å². The highest BCUT2D eigenvalue weighted by molar-refractivity contribution is 5.73. The molecule has 0 atom stereocenters. The number of nitrogens with one attached hydrogen (secondary N) is 2. The van der Waals surface area contributed by atoms with Gasteiger partial charge in [-0.25, -0.2) is 4.79 Å². The van der Waals surface area contributed by atoms with Gasteiger partial charge >= 0.3 is 6.03 Å². The monoisotopic (exact) mass is 235 g/mol. The van der Waals surface area contributed by atoms with Crippen LogP contribution < -0.4 is 10.6 Å². The summed E-state index contributed by atoms with van der Waals surface area (Å²) >= 11 is 0. The second kappa shape index (κ2) is 8.56. The van der Waals surface area contributed by atoms with Crippen LogP contribution in [-0.2, 0) is 6.42 Å². The van der Waals surface area contributed by atoms with Crippen LogP contribution in [0, 0.1) is 0 Å². The van der Waals surface area contributed by atoms with Gasteiger partial charge in [0.2, 0.25) is 0 Å². The number of hydrogen-bond acceptors (Lipinski definition) is 2. The standard InChI is InChI=1S/C13H21N3O/c1-2-8-15-13(17)16-10-4-3-6-12-7-5-9-14-11-12/h5,7,9,11H,2-4,6,8,10H2,1H3,(H2,15,16,17). The van der Waals surface area contributed by atoms with Crippen LogP contribution in [0.3, 0.4) is 0 Å². The minimum Gasteiger partial charge on any atom is -0.338 e. The molecule has 0 aliphatic heterocycles. The lowest BCUT2D eigenvalue weighted by atomic mass is 10.1. The molecule has 4 heteroatoms. The zero-order valence-corrected chi connectivity index (χ0v) is 10.4. The molecule has 0 aliphatic rings. The smallest absolute Gasteiger partial charge is 0.314 e. The first-order valence-corrected chi connectivity index (χ1v) is 6.23. The molecule has 0 fully saturated rings. The predicted octanol–water partition coefficient (Wildman–Crippen LogP) is 2.11. The average Bonchev–Trinajstić information content (AvgIpc) is 2.37. The van der Waals surface area contributed by atoms with E-state index in [9.17, 15) is 4.79 Å². The zero-order valence-electron chi connectivity index (χ0n) is 10.4. The third-order valence-electron chi connectivity index (χ3n) is 2.44. The molecule has 0 unspecified atom stereocenters. The minimum absolute atomic E-state index is 0.0618. The van der Waals surface area contributed by atoms with Crippen molar-refractivity contribution >= 4 is 6.03 Å². The van der Waals surface area contributed by atoms with Crippen LogP contribution in [0.15, 0.2) is 24.5 Å². The number of urea groups is 1. The van der Waals surface area contributed by atoms with Gasteiger partial charge in [0, 0.05) is 25.5 Å². The van der Waals surface area contributed by atoms with Gasteiger partial charge in [-0.2, -0.15) is 0 Å². The van der Waals surface area contributed by atoms with Crippen LogP contribution in [0.4, 0.5) is 4.79 Å². The number of rotatable bonds is 7. The van der Waals surface area contributed by atoms with Gasteiger partial charge in [-0.3, -0.25) is 4.98 Å². The van der Waals surface area contributed by atoms with Crippen molar-refractivity contribution in [1.82, 2.24) is 15.6 Å². The number of hydrogen-bond donors (Lipinski definition) is 2. The predicted molar refractivity (Wildman–Crippen MR) is 68.9 cm³/mol. The molecule has 0 aliphatic carbocycles. The molecule has 0 saturated carbocycles. The van der Waals surface area contributed by atoms with Crippen molar-refractivity contribution < 1.29 is 4.79 Å². The summed E-state index contributed by atoms with van der Waals surface area (Å²) in [6.07, 6.45) is 7.72. The van der Waals surface area contributed by atoms with Gasteiger partial charge in [0.15, 0.2) is 0 Å². The van der Waals surface area contributed by atoms with Crippen molar-refractivity contribution in [2.75, 3.05) is 13.1 Å². The van der Waals surface area contributed by atoms with Crippen LogP contribution in [0.2, 0.25) is 0 Å². The summed E-state index contributed by atoms with van der Waals surface area (Å²) in [6.45, 7) is 3.51. The molecule has 17 heavy (non-hydrogen) atoms. The molecule has 0 bridgehead atoms. The fraction of sp³-hybridized carbons (Fsp3) is 0.538. The molecule has 0 saturated heterocycles. The maximum absolute atomic E-state index is 11.2. The molecule has 1 rings (SSSR count). The summed E-state index contributed by atoms with van der Waals surface area (Å²) < 4.78 is 0. The van der Waals surface area contributed by atoms with E-state index in [1.54, 1.807) is 6.20 Å². The first-order chi connectivity index (χ1) is 8.33. The third-order valence-corrected chi connectivity index (χ3v) is 2.44. The Morgan fingerprint density at radius 2 is 2.12 bits per heavy atom. The molecule has 1 heterocycles. The van der Waals surface area contributed by atoms with E-state index >= 15 is 0 Å². The van der Waals surface area contributed by atoms with Gasteiger partial charge in [-0.1, -0.05) is 13.0 Å². The van der Waals surface area contributed by atoms with E-state index in [-0.39, 0.29) is 6.03 Å². The zero-order chi connectivity index (χ0) is 12.3. The molecule has 0 spiro atoms. The summed E-state index contributed by atoms with van der Waals surface area (Å²) in [6, 6.07) is 3.97. The van der Waals surface area contributed by atoms with Crippen LogP contribution in [0.1, 0.15) is 31.7 Å². The number of unbranched alkanes of at least 4 members (excludes halogenated alkanes) is 1. The van der Waals surface area contributed by atoms with Gasteiger partial charge < -0.3 is 10.6 Å². The molecular weight excluding hydrogens is 214 g/mol. The Bertz CT molecular complexity index is 314. The first kappa shape index (κ1) is 13.5. The van der Waals surface area contributed by atoms with Crippen LogP contribution >= 0.6 is 0 Å². The number of amides is 2. The topological polar surface area (TPSA) is 54.0 Å². The molecule has 94 valence electrons. The maximum Gasteiger partial charge on any atom is 0.314 e. The normalized spacial score (nSPS) is 9.94. The van der Waals surface area contributed by atoms with E-state index in [1.165, 1.54) is 5.56 Å². The number of pyridine rings is 1. The Labute approximate surface area is 103 Å². The van der Waals surface area contributed by atoms with E-state index in [1.807, 2.05) is 19.2 Å². The highest BCUT2D eigenvalue weighted by Crippen LogP contribution is 2.01. The average molecular weight is 235 g/mol. The van der Waals surface area contributed by atoms with E-state index in [2.05, 4.69) is 21.7 Å². The highest BCUT2D eigenvalue weighted by Gasteiger charge is 1.97. The SMILES string of the molecule is CCCNC(=O)NCCCCc1cccnc1. The summed E-state index contributed by atoms with van der Waals surface area (Å²) in [7, 11) is 0. The van der Waals surface area contributed by atoms with Gasteiger partial charge in [0.1, 0.15) is 0 Å². The second-order valence-electron chi connectivity index (χ2n) is 4.00. The Morgan fingerprint density at radius 1 is 1.29 bits per heavy atom. The molecule has 0 aromatic carbocycles. The summed E-state index contributed by atoms with van der Waals surface area (Å²) in [4.78, 5) is 15.3. The molecule has 1 aromatic rings. The van der Waals surface area contributed by atoms with Crippen LogP contribution in [0.25, 0.3) is 0 Å². The maximum atomic E-state index is 11.2. The Balaban J connectivity index is 1.99. The van der Waals surface area contributed by atoms with Crippen molar-refractivity contribution in [2.45, 2.75) is 32.6 Å². The number of carbonyl (C=O) groups excluding carboxylic acids is 1. The van der Waals surface area contributed by atoms with Gasteiger partial charge in [0.25, 0.3) is 0 Å². The lowest BCUT2D eigenvalue weighted by Crippen LogP contribution is -2.36. The molecule has 4 nitrogen and oxygen atoms in total. The molecular formula is C13H21N3O. The Kier molecular flexibility index (Phi) is 6.79.